The zero-order valence-corrected chi connectivity index (χ0v) is 10.3. The number of nitrogens with one attached hydrogen (secondary N) is 1. The van der Waals surface area contributed by atoms with Crippen LogP contribution in [0.5, 0.6) is 0 Å². The number of nitrogens with two attached hydrogens (primary N) is 1. The Kier molecular flexibility index (Phi) is 3.38. The molecule has 0 atom stereocenters. The maximum Gasteiger partial charge on any atom is 0.256 e. The van der Waals surface area contributed by atoms with E-state index in [0.717, 1.165) is 5.69 Å². The minimum atomic E-state index is -0.217. The number of hydrogen-bond acceptors (Lipinski definition) is 4. The summed E-state index contributed by atoms with van der Waals surface area (Å²) in [6, 6.07) is 5.12. The lowest BCUT2D eigenvalue weighted by Gasteiger charge is -2.03. The van der Waals surface area contributed by atoms with E-state index >= 15 is 0 Å². The van der Waals surface area contributed by atoms with Crippen LogP contribution in [-0.2, 0) is 13.6 Å². The summed E-state index contributed by atoms with van der Waals surface area (Å²) in [5.41, 5.74) is 7.66. The third-order valence-electron chi connectivity index (χ3n) is 2.64. The van der Waals surface area contributed by atoms with Crippen molar-refractivity contribution in [2.24, 2.45) is 12.8 Å². The van der Waals surface area contributed by atoms with Gasteiger partial charge in [0.15, 0.2) is 5.82 Å². The Morgan fingerprint density at radius 1 is 1.50 bits per heavy atom. The highest BCUT2D eigenvalue weighted by atomic mass is 16.1. The number of hydrogen-bond donors (Lipinski definition) is 2. The van der Waals surface area contributed by atoms with Gasteiger partial charge in [0.25, 0.3) is 5.91 Å². The Morgan fingerprint density at radius 3 is 2.89 bits per heavy atom. The van der Waals surface area contributed by atoms with E-state index in [1.807, 2.05) is 20.0 Å². The van der Waals surface area contributed by atoms with Crippen LogP contribution in [0.3, 0.4) is 0 Å². The van der Waals surface area contributed by atoms with Crippen LogP contribution in [0.25, 0.3) is 0 Å². The third kappa shape index (κ3) is 2.54. The molecule has 0 aliphatic carbocycles. The summed E-state index contributed by atoms with van der Waals surface area (Å²) in [6.07, 6.45) is 1.57. The molecule has 6 heteroatoms. The largest absolute Gasteiger partial charge is 0.325 e. The Bertz CT molecular complexity index is 556. The number of aryl methyl sites for hydroxylation is 2. The van der Waals surface area contributed by atoms with Crippen molar-refractivity contribution in [1.82, 2.24) is 14.8 Å². The average Bonchev–Trinajstić information content (AvgIpc) is 2.68. The van der Waals surface area contributed by atoms with Gasteiger partial charge in [-0.3, -0.25) is 14.5 Å². The Balaban J connectivity index is 2.16. The van der Waals surface area contributed by atoms with Crippen LogP contribution in [0.4, 0.5) is 5.82 Å². The number of pyridine rings is 1. The van der Waals surface area contributed by atoms with Crippen LogP contribution in [0.2, 0.25) is 0 Å². The molecule has 2 aromatic heterocycles. The van der Waals surface area contributed by atoms with Gasteiger partial charge in [-0.15, -0.1) is 0 Å². The van der Waals surface area contributed by atoms with Gasteiger partial charge in [-0.2, -0.15) is 5.10 Å². The predicted molar refractivity (Wildman–Crippen MR) is 68.0 cm³/mol. The molecule has 0 unspecified atom stereocenters. The van der Waals surface area contributed by atoms with E-state index in [4.69, 9.17) is 5.73 Å². The summed E-state index contributed by atoms with van der Waals surface area (Å²) in [5, 5.41) is 6.89. The zero-order valence-electron chi connectivity index (χ0n) is 10.3. The van der Waals surface area contributed by atoms with Crippen LogP contribution in [0.15, 0.2) is 24.4 Å². The number of carbonyl (C=O) groups excluding carboxylic acids is 1. The first-order valence-electron chi connectivity index (χ1n) is 5.57. The average molecular weight is 245 g/mol. The van der Waals surface area contributed by atoms with Crippen LogP contribution in [-0.4, -0.2) is 20.7 Å². The summed E-state index contributed by atoms with van der Waals surface area (Å²) in [4.78, 5) is 16.0. The van der Waals surface area contributed by atoms with Gasteiger partial charge in [0.05, 0.1) is 5.69 Å². The van der Waals surface area contributed by atoms with Gasteiger partial charge >= 0.3 is 0 Å². The Hall–Kier alpha value is -2.21. The highest BCUT2D eigenvalue weighted by Crippen LogP contribution is 2.09. The number of anilines is 1. The molecule has 94 valence electrons. The molecule has 0 saturated carbocycles. The number of nitrogens with zero attached hydrogens (tertiary/aromatic N) is 3. The fourth-order valence-electron chi connectivity index (χ4n) is 1.54. The van der Waals surface area contributed by atoms with Gasteiger partial charge in [-0.25, -0.2) is 0 Å². The van der Waals surface area contributed by atoms with Crippen LogP contribution >= 0.6 is 0 Å². The SMILES string of the molecule is Cc1cc(NC(=O)c2ccnc(CN)c2)nn1C. The van der Waals surface area contributed by atoms with Crippen molar-refractivity contribution in [3.8, 4) is 0 Å². The van der Waals surface area contributed by atoms with E-state index in [1.54, 1.807) is 23.0 Å². The lowest BCUT2D eigenvalue weighted by atomic mass is 10.2. The number of rotatable bonds is 3. The molecule has 0 spiro atoms. The first-order valence-corrected chi connectivity index (χ1v) is 5.57. The molecule has 0 fully saturated rings. The van der Waals surface area contributed by atoms with Crippen molar-refractivity contribution in [2.75, 3.05) is 5.32 Å². The second-order valence-electron chi connectivity index (χ2n) is 3.99. The summed E-state index contributed by atoms with van der Waals surface area (Å²) < 4.78 is 1.70. The highest BCUT2D eigenvalue weighted by molar-refractivity contribution is 6.03. The molecular formula is C12H15N5O. The fraction of sp³-hybridized carbons (Fsp3) is 0.250. The van der Waals surface area contributed by atoms with Gasteiger partial charge < -0.3 is 11.1 Å². The highest BCUT2D eigenvalue weighted by Gasteiger charge is 2.09. The second kappa shape index (κ2) is 4.97. The smallest absolute Gasteiger partial charge is 0.256 e. The fourth-order valence-corrected chi connectivity index (χ4v) is 1.54. The zero-order chi connectivity index (χ0) is 13.1. The predicted octanol–water partition coefficient (Wildman–Crippen LogP) is 0.835. The molecule has 0 aliphatic heterocycles. The van der Waals surface area contributed by atoms with E-state index in [0.29, 0.717) is 23.6 Å². The Labute approximate surface area is 105 Å². The van der Waals surface area contributed by atoms with Crippen LogP contribution < -0.4 is 11.1 Å². The minimum absolute atomic E-state index is 0.217. The number of aromatic nitrogens is 3. The van der Waals surface area contributed by atoms with Crippen molar-refractivity contribution >= 4 is 11.7 Å². The monoisotopic (exact) mass is 245 g/mol. The number of carbonyl (C=O) groups is 1. The summed E-state index contributed by atoms with van der Waals surface area (Å²) in [6.45, 7) is 2.23. The van der Waals surface area contributed by atoms with Gasteiger partial charge in [0.1, 0.15) is 0 Å². The molecule has 1 amide bonds. The lowest BCUT2D eigenvalue weighted by Crippen LogP contribution is -2.13. The first-order chi connectivity index (χ1) is 8.60. The molecule has 0 aromatic carbocycles. The summed E-state index contributed by atoms with van der Waals surface area (Å²) >= 11 is 0. The molecule has 18 heavy (non-hydrogen) atoms. The molecule has 0 radical (unpaired) electrons. The lowest BCUT2D eigenvalue weighted by molar-refractivity contribution is 0.102. The van der Waals surface area contributed by atoms with Crippen LogP contribution in [0.1, 0.15) is 21.7 Å². The molecule has 3 N–H and O–H groups in total. The van der Waals surface area contributed by atoms with Crippen LogP contribution in [0, 0.1) is 6.92 Å². The molecular weight excluding hydrogens is 230 g/mol. The van der Waals surface area contributed by atoms with Gasteiger partial charge in [0, 0.05) is 37.1 Å². The summed E-state index contributed by atoms with van der Waals surface area (Å²) in [5.74, 6) is 0.316. The maximum absolute atomic E-state index is 12.0. The minimum Gasteiger partial charge on any atom is -0.325 e. The van der Waals surface area contributed by atoms with E-state index < -0.39 is 0 Å². The van der Waals surface area contributed by atoms with Crippen molar-refractivity contribution in [2.45, 2.75) is 13.5 Å². The van der Waals surface area contributed by atoms with E-state index in [9.17, 15) is 4.79 Å². The maximum atomic E-state index is 12.0. The van der Waals surface area contributed by atoms with Gasteiger partial charge in [-0.1, -0.05) is 0 Å². The quantitative estimate of drug-likeness (QED) is 0.838. The number of amides is 1. The van der Waals surface area contributed by atoms with Gasteiger partial charge in [0.2, 0.25) is 0 Å². The third-order valence-corrected chi connectivity index (χ3v) is 2.64. The molecule has 0 saturated heterocycles. The molecule has 0 aliphatic rings. The van der Waals surface area contributed by atoms with Gasteiger partial charge in [-0.05, 0) is 19.1 Å². The van der Waals surface area contributed by atoms with Crippen molar-refractivity contribution < 1.29 is 4.79 Å². The van der Waals surface area contributed by atoms with E-state index in [-0.39, 0.29) is 5.91 Å². The van der Waals surface area contributed by atoms with E-state index in [2.05, 4.69) is 15.4 Å². The normalized spacial score (nSPS) is 10.4. The standard InChI is InChI=1S/C12H15N5O/c1-8-5-11(16-17(8)2)15-12(18)9-3-4-14-10(6-9)7-13/h3-6H,7,13H2,1-2H3,(H,15,16,18). The topological polar surface area (TPSA) is 85.8 Å². The molecule has 2 rings (SSSR count). The second-order valence-corrected chi connectivity index (χ2v) is 3.99. The molecule has 2 aromatic rings. The molecule has 0 bridgehead atoms. The molecule has 2 heterocycles. The summed E-state index contributed by atoms with van der Waals surface area (Å²) in [7, 11) is 1.82. The van der Waals surface area contributed by atoms with Crippen molar-refractivity contribution in [3.05, 3.63) is 41.3 Å². The van der Waals surface area contributed by atoms with Crippen molar-refractivity contribution in [1.29, 1.82) is 0 Å². The molecule has 6 nitrogen and oxygen atoms in total. The van der Waals surface area contributed by atoms with E-state index in [1.165, 1.54) is 0 Å². The first kappa shape index (κ1) is 12.3. The van der Waals surface area contributed by atoms with Crippen molar-refractivity contribution in [3.63, 3.8) is 0 Å². The Morgan fingerprint density at radius 2 is 2.28 bits per heavy atom.